The summed E-state index contributed by atoms with van der Waals surface area (Å²) < 4.78 is 0. The van der Waals surface area contributed by atoms with Crippen LogP contribution in [0.4, 0.5) is 11.4 Å². The molecule has 6 heteroatoms. The summed E-state index contributed by atoms with van der Waals surface area (Å²) in [5.74, 6) is -2.39. The summed E-state index contributed by atoms with van der Waals surface area (Å²) in [7, 11) is 0. The highest BCUT2D eigenvalue weighted by Crippen LogP contribution is 2.58. The van der Waals surface area contributed by atoms with E-state index in [4.69, 9.17) is 11.5 Å². The van der Waals surface area contributed by atoms with Gasteiger partial charge in [0.25, 0.3) is 0 Å². The molecular weight excluding hydrogens is 488 g/mol. The smallest absolute Gasteiger partial charge is 0.336 e. The average molecular weight is 513 g/mol. The molecule has 190 valence electrons. The molecule has 6 rings (SSSR count). The lowest BCUT2D eigenvalue weighted by Crippen LogP contribution is -2.29. The molecule has 0 aliphatic heterocycles. The van der Waals surface area contributed by atoms with Crippen molar-refractivity contribution in [1.29, 1.82) is 0 Å². The van der Waals surface area contributed by atoms with Crippen LogP contribution in [0.1, 0.15) is 43.0 Å². The zero-order valence-electron chi connectivity index (χ0n) is 20.8. The fraction of sp³-hybridized carbons (Fsp3) is 0.0303. The molecule has 5 aromatic rings. The number of hydrogen-bond donors (Lipinski definition) is 4. The molecule has 0 fully saturated rings. The van der Waals surface area contributed by atoms with Gasteiger partial charge in [-0.05, 0) is 80.9 Å². The van der Waals surface area contributed by atoms with Gasteiger partial charge >= 0.3 is 11.9 Å². The first-order valence-electron chi connectivity index (χ1n) is 12.4. The van der Waals surface area contributed by atoms with E-state index in [1.54, 1.807) is 6.07 Å². The fourth-order valence-electron chi connectivity index (χ4n) is 5.91. The number of carboxylic acids is 2. The number of nitrogens with two attached hydrogens (primary N) is 2. The normalized spacial score (nSPS) is 12.9. The summed E-state index contributed by atoms with van der Waals surface area (Å²) in [4.78, 5) is 24.1. The molecular formula is C33H24N2O4. The number of aromatic carboxylic acids is 2. The van der Waals surface area contributed by atoms with Gasteiger partial charge in [0, 0.05) is 11.4 Å². The van der Waals surface area contributed by atoms with Gasteiger partial charge in [0.15, 0.2) is 0 Å². The third-order valence-corrected chi connectivity index (χ3v) is 7.54. The summed E-state index contributed by atoms with van der Waals surface area (Å²) in [5.41, 5.74) is 19.5. The molecule has 0 amide bonds. The zero-order chi connectivity index (χ0) is 27.3. The summed E-state index contributed by atoms with van der Waals surface area (Å²) in [6.07, 6.45) is 0. The highest BCUT2D eigenvalue weighted by molar-refractivity contribution is 6.02. The Morgan fingerprint density at radius 1 is 0.564 bits per heavy atom. The Balaban J connectivity index is 1.79. The SMILES string of the molecule is Nc1ccc(C2(c3ccc(N)cc3)c3ccccc3-c3cccc(-c4ccc(C(=O)O)cc4C(=O)O)c32)cc1. The number of anilines is 2. The Labute approximate surface area is 224 Å². The lowest BCUT2D eigenvalue weighted by Gasteiger charge is -2.35. The molecule has 0 unspecified atom stereocenters. The van der Waals surface area contributed by atoms with Crippen LogP contribution in [0.15, 0.2) is 109 Å². The second-order valence-corrected chi connectivity index (χ2v) is 9.64. The van der Waals surface area contributed by atoms with Gasteiger partial charge in [0.2, 0.25) is 0 Å². The molecule has 0 atom stereocenters. The van der Waals surface area contributed by atoms with Crippen LogP contribution in [-0.2, 0) is 5.41 Å². The van der Waals surface area contributed by atoms with E-state index in [-0.39, 0.29) is 11.1 Å². The van der Waals surface area contributed by atoms with Crippen LogP contribution in [0.25, 0.3) is 22.3 Å². The number of nitrogen functional groups attached to an aromatic ring is 2. The van der Waals surface area contributed by atoms with Crippen molar-refractivity contribution in [2.24, 2.45) is 0 Å². The molecule has 0 saturated heterocycles. The van der Waals surface area contributed by atoms with Crippen LogP contribution < -0.4 is 11.5 Å². The second kappa shape index (κ2) is 8.89. The molecule has 1 aliphatic rings. The third kappa shape index (κ3) is 3.57. The third-order valence-electron chi connectivity index (χ3n) is 7.54. The van der Waals surface area contributed by atoms with Crippen molar-refractivity contribution in [2.75, 3.05) is 11.5 Å². The van der Waals surface area contributed by atoms with Crippen molar-refractivity contribution in [3.05, 3.63) is 143 Å². The van der Waals surface area contributed by atoms with Gasteiger partial charge in [0.05, 0.1) is 16.5 Å². The molecule has 0 bridgehead atoms. The molecule has 0 saturated carbocycles. The van der Waals surface area contributed by atoms with E-state index in [1.165, 1.54) is 12.1 Å². The first kappa shape index (κ1) is 24.0. The summed E-state index contributed by atoms with van der Waals surface area (Å²) >= 11 is 0. The number of fused-ring (bicyclic) bond motifs is 3. The number of rotatable bonds is 5. The summed E-state index contributed by atoms with van der Waals surface area (Å²) in [5, 5.41) is 19.7. The Bertz CT molecular complexity index is 1730. The molecule has 0 aromatic heterocycles. The molecule has 39 heavy (non-hydrogen) atoms. The first-order valence-corrected chi connectivity index (χ1v) is 12.4. The summed E-state index contributed by atoms with van der Waals surface area (Å²) in [6, 6.07) is 33.7. The maximum Gasteiger partial charge on any atom is 0.336 e. The van der Waals surface area contributed by atoms with Crippen LogP contribution >= 0.6 is 0 Å². The molecule has 6 N–H and O–H groups in total. The van der Waals surface area contributed by atoms with Gasteiger partial charge in [-0.15, -0.1) is 0 Å². The molecule has 1 aliphatic carbocycles. The van der Waals surface area contributed by atoms with E-state index >= 15 is 0 Å². The lowest BCUT2D eigenvalue weighted by molar-refractivity contribution is 0.0696. The van der Waals surface area contributed by atoms with Crippen LogP contribution in [0.3, 0.4) is 0 Å². The topological polar surface area (TPSA) is 127 Å². The maximum atomic E-state index is 12.4. The average Bonchev–Trinajstić information content (AvgIpc) is 3.25. The quantitative estimate of drug-likeness (QED) is 0.201. The van der Waals surface area contributed by atoms with Gasteiger partial charge in [-0.1, -0.05) is 72.8 Å². The predicted octanol–water partition coefficient (Wildman–Crippen LogP) is 6.28. The Hall–Kier alpha value is -5.36. The minimum absolute atomic E-state index is 0.0808. The minimum Gasteiger partial charge on any atom is -0.478 e. The van der Waals surface area contributed by atoms with E-state index < -0.39 is 17.4 Å². The predicted molar refractivity (Wildman–Crippen MR) is 152 cm³/mol. The van der Waals surface area contributed by atoms with E-state index in [2.05, 4.69) is 12.1 Å². The molecule has 6 nitrogen and oxygen atoms in total. The summed E-state index contributed by atoms with van der Waals surface area (Å²) in [6.45, 7) is 0. The number of benzene rings is 5. The zero-order valence-corrected chi connectivity index (χ0v) is 20.8. The second-order valence-electron chi connectivity index (χ2n) is 9.64. The highest BCUT2D eigenvalue weighted by atomic mass is 16.4. The lowest BCUT2D eigenvalue weighted by atomic mass is 9.66. The van der Waals surface area contributed by atoms with Crippen LogP contribution in [0, 0.1) is 0 Å². The molecule has 0 heterocycles. The maximum absolute atomic E-state index is 12.4. The minimum atomic E-state index is -1.20. The van der Waals surface area contributed by atoms with Gasteiger partial charge in [-0.25, -0.2) is 9.59 Å². The number of hydrogen-bond acceptors (Lipinski definition) is 4. The van der Waals surface area contributed by atoms with Crippen molar-refractivity contribution >= 4 is 23.3 Å². The molecule has 0 spiro atoms. The van der Waals surface area contributed by atoms with Crippen molar-refractivity contribution in [3.63, 3.8) is 0 Å². The van der Waals surface area contributed by atoms with Crippen molar-refractivity contribution < 1.29 is 19.8 Å². The van der Waals surface area contributed by atoms with Crippen molar-refractivity contribution in [3.8, 4) is 22.3 Å². The van der Waals surface area contributed by atoms with E-state index in [0.717, 1.165) is 33.4 Å². The van der Waals surface area contributed by atoms with E-state index in [0.29, 0.717) is 22.5 Å². The Morgan fingerprint density at radius 2 is 1.10 bits per heavy atom. The monoisotopic (exact) mass is 512 g/mol. The van der Waals surface area contributed by atoms with E-state index in [1.807, 2.05) is 78.9 Å². The van der Waals surface area contributed by atoms with Gasteiger partial charge in [0.1, 0.15) is 0 Å². The number of carbonyl (C=O) groups is 2. The Morgan fingerprint density at radius 3 is 1.67 bits per heavy atom. The van der Waals surface area contributed by atoms with Crippen LogP contribution in [0.2, 0.25) is 0 Å². The first-order chi connectivity index (χ1) is 18.8. The fourth-order valence-corrected chi connectivity index (χ4v) is 5.91. The van der Waals surface area contributed by atoms with Crippen LogP contribution in [-0.4, -0.2) is 22.2 Å². The Kier molecular flexibility index (Phi) is 5.47. The molecule has 0 radical (unpaired) electrons. The standard InChI is InChI=1S/C33H24N2O4/c34-22-13-9-20(10-14-22)33(21-11-15-23(35)16-12-21)29-7-2-1-4-25(29)27-6-3-5-26(30(27)33)24-17-8-19(31(36)37)18-28(24)32(38)39/h1-18H,34-35H2,(H,36,37)(H,38,39). The van der Waals surface area contributed by atoms with Crippen LogP contribution in [0.5, 0.6) is 0 Å². The van der Waals surface area contributed by atoms with Gasteiger partial charge < -0.3 is 21.7 Å². The van der Waals surface area contributed by atoms with Crippen molar-refractivity contribution in [1.82, 2.24) is 0 Å². The molecule has 5 aromatic carbocycles. The largest absolute Gasteiger partial charge is 0.478 e. The van der Waals surface area contributed by atoms with Crippen molar-refractivity contribution in [2.45, 2.75) is 5.41 Å². The van der Waals surface area contributed by atoms with Gasteiger partial charge in [-0.2, -0.15) is 0 Å². The van der Waals surface area contributed by atoms with E-state index in [9.17, 15) is 19.8 Å². The number of carboxylic acid groups (broad SMARTS) is 2. The highest BCUT2D eigenvalue weighted by Gasteiger charge is 2.47. The van der Waals surface area contributed by atoms with Gasteiger partial charge in [-0.3, -0.25) is 0 Å².